The summed E-state index contributed by atoms with van der Waals surface area (Å²) in [5.41, 5.74) is -0.271. The zero-order valence-electron chi connectivity index (χ0n) is 17.8. The van der Waals surface area contributed by atoms with Gasteiger partial charge in [0, 0.05) is 37.3 Å². The van der Waals surface area contributed by atoms with Gasteiger partial charge in [-0.3, -0.25) is 4.90 Å². The monoisotopic (exact) mass is 366 g/mol. The predicted molar refractivity (Wildman–Crippen MR) is 109 cm³/mol. The summed E-state index contributed by atoms with van der Waals surface area (Å²) in [7, 11) is 0. The van der Waals surface area contributed by atoms with E-state index in [1.165, 1.54) is 0 Å². The highest BCUT2D eigenvalue weighted by molar-refractivity contribution is 5.79. The Labute approximate surface area is 159 Å². The van der Waals surface area contributed by atoms with Gasteiger partial charge in [-0.05, 0) is 61.5 Å². The molecule has 0 amide bonds. The van der Waals surface area contributed by atoms with Crippen LogP contribution in [0.5, 0.6) is 0 Å². The van der Waals surface area contributed by atoms with Gasteiger partial charge in [-0.15, -0.1) is 0 Å². The fourth-order valence-corrected chi connectivity index (χ4v) is 3.24. The number of rotatable bonds is 9. The standard InChI is InChI=1S/C20H38N4O2/c1-9-21-19(22-10-11-24(14(2)3)15(4)5)23-13-20(8,25)18-12-16(6)26-17(18)7/h12,14-15,25H,9-11,13H2,1-8H3,(H2,21,22,23). The van der Waals surface area contributed by atoms with Gasteiger partial charge < -0.3 is 20.2 Å². The minimum atomic E-state index is -1.06. The number of hydrogen-bond donors (Lipinski definition) is 3. The number of aryl methyl sites for hydroxylation is 2. The number of hydrogen-bond acceptors (Lipinski definition) is 4. The molecule has 26 heavy (non-hydrogen) atoms. The lowest BCUT2D eigenvalue weighted by atomic mass is 9.96. The molecule has 0 aromatic carbocycles. The average molecular weight is 367 g/mol. The molecule has 0 aliphatic carbocycles. The molecule has 0 spiro atoms. The summed E-state index contributed by atoms with van der Waals surface area (Å²) in [4.78, 5) is 7.02. The molecule has 3 N–H and O–H groups in total. The first-order valence-electron chi connectivity index (χ1n) is 9.66. The number of nitrogens with zero attached hydrogens (tertiary/aromatic N) is 2. The van der Waals surface area contributed by atoms with Gasteiger partial charge in [0.25, 0.3) is 0 Å². The van der Waals surface area contributed by atoms with Crippen molar-refractivity contribution in [2.24, 2.45) is 4.99 Å². The molecule has 6 heteroatoms. The third-order valence-electron chi connectivity index (χ3n) is 4.50. The van der Waals surface area contributed by atoms with E-state index in [9.17, 15) is 5.11 Å². The van der Waals surface area contributed by atoms with Crippen molar-refractivity contribution in [1.82, 2.24) is 15.5 Å². The lowest BCUT2D eigenvalue weighted by Crippen LogP contribution is -2.45. The van der Waals surface area contributed by atoms with Gasteiger partial charge in [0.15, 0.2) is 5.96 Å². The van der Waals surface area contributed by atoms with E-state index in [0.717, 1.165) is 42.7 Å². The maximum Gasteiger partial charge on any atom is 0.191 e. The van der Waals surface area contributed by atoms with Crippen LogP contribution in [-0.2, 0) is 5.60 Å². The SMILES string of the molecule is CCNC(=NCC(C)(O)c1cc(C)oc1C)NCCN(C(C)C)C(C)C. The van der Waals surface area contributed by atoms with Gasteiger partial charge >= 0.3 is 0 Å². The number of furan rings is 1. The van der Waals surface area contributed by atoms with E-state index in [4.69, 9.17) is 4.42 Å². The molecule has 1 heterocycles. The Hall–Kier alpha value is -1.53. The molecule has 1 aromatic heterocycles. The van der Waals surface area contributed by atoms with Crippen LogP contribution in [0.2, 0.25) is 0 Å². The highest BCUT2D eigenvalue weighted by Gasteiger charge is 2.27. The predicted octanol–water partition coefficient (Wildman–Crippen LogP) is 2.78. The van der Waals surface area contributed by atoms with E-state index in [1.807, 2.05) is 26.8 Å². The van der Waals surface area contributed by atoms with Gasteiger partial charge in [0.05, 0.1) is 6.54 Å². The first-order chi connectivity index (χ1) is 12.1. The second-order valence-electron chi connectivity index (χ2n) is 7.65. The van der Waals surface area contributed by atoms with Crippen molar-refractivity contribution in [3.05, 3.63) is 23.2 Å². The van der Waals surface area contributed by atoms with Crippen LogP contribution in [0.1, 0.15) is 58.6 Å². The minimum Gasteiger partial charge on any atom is -0.466 e. The van der Waals surface area contributed by atoms with Crippen LogP contribution in [0, 0.1) is 13.8 Å². The van der Waals surface area contributed by atoms with Crippen LogP contribution in [0.4, 0.5) is 0 Å². The van der Waals surface area contributed by atoms with Crippen LogP contribution in [0.25, 0.3) is 0 Å². The Kier molecular flexibility index (Phi) is 8.63. The molecule has 0 fully saturated rings. The maximum absolute atomic E-state index is 10.8. The Bertz CT molecular complexity index is 568. The topological polar surface area (TPSA) is 73.0 Å². The number of nitrogens with one attached hydrogen (secondary N) is 2. The molecule has 150 valence electrons. The molecule has 0 aliphatic rings. The van der Waals surface area contributed by atoms with Crippen LogP contribution in [0.3, 0.4) is 0 Å². The molecular weight excluding hydrogens is 328 g/mol. The molecular formula is C20H38N4O2. The van der Waals surface area contributed by atoms with Crippen molar-refractivity contribution < 1.29 is 9.52 Å². The van der Waals surface area contributed by atoms with Gasteiger partial charge in [0.2, 0.25) is 0 Å². The van der Waals surface area contributed by atoms with Crippen LogP contribution in [-0.4, -0.2) is 54.2 Å². The quantitative estimate of drug-likeness (QED) is 0.463. The van der Waals surface area contributed by atoms with Crippen molar-refractivity contribution in [3.63, 3.8) is 0 Å². The minimum absolute atomic E-state index is 0.264. The Morgan fingerprint density at radius 2 is 1.85 bits per heavy atom. The van der Waals surface area contributed by atoms with Crippen molar-refractivity contribution in [3.8, 4) is 0 Å². The smallest absolute Gasteiger partial charge is 0.191 e. The van der Waals surface area contributed by atoms with Crippen molar-refractivity contribution in [2.75, 3.05) is 26.2 Å². The summed E-state index contributed by atoms with van der Waals surface area (Å²) in [6.45, 7) is 19.2. The summed E-state index contributed by atoms with van der Waals surface area (Å²) in [5.74, 6) is 2.26. The summed E-state index contributed by atoms with van der Waals surface area (Å²) < 4.78 is 5.55. The average Bonchev–Trinajstić information content (AvgIpc) is 2.87. The molecule has 1 atom stereocenters. The van der Waals surface area contributed by atoms with E-state index in [2.05, 4.69) is 48.2 Å². The van der Waals surface area contributed by atoms with E-state index >= 15 is 0 Å². The normalized spacial score (nSPS) is 15.0. The second-order valence-corrected chi connectivity index (χ2v) is 7.65. The molecule has 0 radical (unpaired) electrons. The number of aliphatic hydroxyl groups is 1. The first kappa shape index (κ1) is 22.5. The molecule has 1 aromatic rings. The fraction of sp³-hybridized carbons (Fsp3) is 0.750. The molecule has 0 saturated heterocycles. The summed E-state index contributed by atoms with van der Waals surface area (Å²) in [6.07, 6.45) is 0. The number of guanidine groups is 1. The molecule has 1 rings (SSSR count). The summed E-state index contributed by atoms with van der Waals surface area (Å²) in [6, 6.07) is 2.89. The van der Waals surface area contributed by atoms with Crippen LogP contribution >= 0.6 is 0 Å². The van der Waals surface area contributed by atoms with Gasteiger partial charge in [-0.2, -0.15) is 0 Å². The van der Waals surface area contributed by atoms with Crippen molar-refractivity contribution in [2.45, 2.75) is 73.1 Å². The molecule has 6 nitrogen and oxygen atoms in total. The van der Waals surface area contributed by atoms with Crippen molar-refractivity contribution >= 4 is 5.96 Å². The lowest BCUT2D eigenvalue weighted by molar-refractivity contribution is 0.0657. The largest absolute Gasteiger partial charge is 0.466 e. The fourth-order valence-electron chi connectivity index (χ4n) is 3.24. The highest BCUT2D eigenvalue weighted by atomic mass is 16.3. The zero-order chi connectivity index (χ0) is 19.9. The van der Waals surface area contributed by atoms with Gasteiger partial charge in [-0.1, -0.05) is 0 Å². The van der Waals surface area contributed by atoms with Gasteiger partial charge in [-0.25, -0.2) is 4.99 Å². The third-order valence-corrected chi connectivity index (χ3v) is 4.50. The van der Waals surface area contributed by atoms with E-state index in [0.29, 0.717) is 12.1 Å². The molecule has 1 unspecified atom stereocenters. The first-order valence-corrected chi connectivity index (χ1v) is 9.66. The van der Waals surface area contributed by atoms with E-state index in [-0.39, 0.29) is 6.54 Å². The number of aliphatic imine (C=N–C) groups is 1. The Morgan fingerprint density at radius 3 is 2.31 bits per heavy atom. The molecule has 0 saturated carbocycles. The maximum atomic E-state index is 10.8. The highest BCUT2D eigenvalue weighted by Crippen LogP contribution is 2.27. The molecule has 0 bridgehead atoms. The van der Waals surface area contributed by atoms with Gasteiger partial charge in [0.1, 0.15) is 17.1 Å². The van der Waals surface area contributed by atoms with Crippen molar-refractivity contribution in [1.29, 1.82) is 0 Å². The zero-order valence-corrected chi connectivity index (χ0v) is 17.8. The third kappa shape index (κ3) is 6.65. The second kappa shape index (κ2) is 9.97. The van der Waals surface area contributed by atoms with Crippen LogP contribution < -0.4 is 10.6 Å². The van der Waals surface area contributed by atoms with Crippen LogP contribution in [0.15, 0.2) is 15.5 Å². The summed E-state index contributed by atoms with van der Waals surface area (Å²) >= 11 is 0. The lowest BCUT2D eigenvalue weighted by Gasteiger charge is -2.30. The molecule has 0 aliphatic heterocycles. The van der Waals surface area contributed by atoms with E-state index in [1.54, 1.807) is 6.92 Å². The summed E-state index contributed by atoms with van der Waals surface area (Å²) in [5, 5.41) is 17.4. The van der Waals surface area contributed by atoms with E-state index < -0.39 is 5.60 Å². The Morgan fingerprint density at radius 1 is 1.23 bits per heavy atom. The Balaban J connectivity index is 2.72.